The van der Waals surface area contributed by atoms with E-state index in [1.165, 1.54) is 6.07 Å². The minimum Gasteiger partial charge on any atom is -0.396 e. The number of aromatic nitrogens is 1. The molecular formula is C11H9FN2. The molecule has 2 aromatic rings. The molecule has 0 spiro atoms. The molecule has 0 radical (unpaired) electrons. The van der Waals surface area contributed by atoms with Crippen LogP contribution in [0.5, 0.6) is 0 Å². The highest BCUT2D eigenvalue weighted by atomic mass is 19.1. The first-order valence-corrected chi connectivity index (χ1v) is 4.23. The van der Waals surface area contributed by atoms with Gasteiger partial charge in [0.2, 0.25) is 0 Å². The molecule has 1 aromatic heterocycles. The summed E-state index contributed by atoms with van der Waals surface area (Å²) in [4.78, 5) is 3.91. The fraction of sp³-hybridized carbons (Fsp3) is 0. The Balaban J connectivity index is 2.48. The molecule has 0 bridgehead atoms. The van der Waals surface area contributed by atoms with Crippen molar-refractivity contribution in [1.29, 1.82) is 0 Å². The van der Waals surface area contributed by atoms with Crippen molar-refractivity contribution in [3.8, 4) is 11.1 Å². The molecule has 0 aliphatic carbocycles. The van der Waals surface area contributed by atoms with Crippen LogP contribution >= 0.6 is 0 Å². The summed E-state index contributed by atoms with van der Waals surface area (Å²) in [6, 6.07) is 8.39. The van der Waals surface area contributed by atoms with E-state index in [1.54, 1.807) is 24.5 Å². The van der Waals surface area contributed by atoms with E-state index < -0.39 is 0 Å². The number of pyridine rings is 1. The second-order valence-corrected chi connectivity index (χ2v) is 2.97. The highest BCUT2D eigenvalue weighted by Gasteiger charge is 2.01. The van der Waals surface area contributed by atoms with Gasteiger partial charge in [-0.1, -0.05) is 6.07 Å². The normalized spacial score (nSPS) is 10.1. The molecule has 3 heteroatoms. The van der Waals surface area contributed by atoms with Crippen LogP contribution in [-0.4, -0.2) is 4.98 Å². The maximum atomic E-state index is 12.9. The van der Waals surface area contributed by atoms with Gasteiger partial charge in [-0.3, -0.25) is 4.98 Å². The van der Waals surface area contributed by atoms with Gasteiger partial charge in [-0.2, -0.15) is 0 Å². The molecule has 70 valence electrons. The number of benzene rings is 1. The van der Waals surface area contributed by atoms with Gasteiger partial charge in [-0.25, -0.2) is 4.39 Å². The van der Waals surface area contributed by atoms with E-state index in [0.29, 0.717) is 0 Å². The monoisotopic (exact) mass is 188 g/mol. The minimum absolute atomic E-state index is 0.166. The Morgan fingerprint density at radius 3 is 2.36 bits per heavy atom. The topological polar surface area (TPSA) is 38.9 Å². The summed E-state index contributed by atoms with van der Waals surface area (Å²) >= 11 is 0. The molecule has 0 amide bonds. The molecule has 14 heavy (non-hydrogen) atoms. The summed E-state index contributed by atoms with van der Waals surface area (Å²) < 4.78 is 12.9. The molecule has 0 saturated carbocycles. The lowest BCUT2D eigenvalue weighted by Gasteiger charge is -2.02. The maximum Gasteiger partial charge on any atom is 0.146 e. The lowest BCUT2D eigenvalue weighted by molar-refractivity contribution is 0.632. The molecule has 0 saturated heterocycles. The van der Waals surface area contributed by atoms with Gasteiger partial charge < -0.3 is 5.73 Å². The zero-order chi connectivity index (χ0) is 9.97. The third kappa shape index (κ3) is 1.57. The molecule has 1 aromatic carbocycles. The highest BCUT2D eigenvalue weighted by Crippen LogP contribution is 2.22. The third-order valence-corrected chi connectivity index (χ3v) is 2.01. The summed E-state index contributed by atoms with van der Waals surface area (Å²) in [7, 11) is 0. The molecule has 0 aliphatic rings. The number of hydrogen-bond acceptors (Lipinski definition) is 2. The largest absolute Gasteiger partial charge is 0.396 e. The number of hydrogen-bond donors (Lipinski definition) is 1. The Kier molecular flexibility index (Phi) is 2.14. The lowest BCUT2D eigenvalue weighted by Crippen LogP contribution is -1.90. The fourth-order valence-corrected chi connectivity index (χ4v) is 1.27. The van der Waals surface area contributed by atoms with Crippen LogP contribution in [0.2, 0.25) is 0 Å². The lowest BCUT2D eigenvalue weighted by atomic mass is 10.1. The standard InChI is InChI=1S/C11H9FN2/c12-10-2-1-9(7-11(10)13)8-3-5-14-6-4-8/h1-7H,13H2. The molecular weight excluding hydrogens is 179 g/mol. The first kappa shape index (κ1) is 8.69. The van der Waals surface area contributed by atoms with E-state index in [4.69, 9.17) is 5.73 Å². The van der Waals surface area contributed by atoms with Gasteiger partial charge in [0.25, 0.3) is 0 Å². The number of nitrogens with zero attached hydrogens (tertiary/aromatic N) is 1. The molecule has 0 fully saturated rings. The van der Waals surface area contributed by atoms with E-state index in [9.17, 15) is 4.39 Å². The SMILES string of the molecule is Nc1cc(-c2ccncc2)ccc1F. The smallest absolute Gasteiger partial charge is 0.146 e. The van der Waals surface area contributed by atoms with Crippen LogP contribution in [0.4, 0.5) is 10.1 Å². The minimum atomic E-state index is -0.386. The molecule has 1 heterocycles. The van der Waals surface area contributed by atoms with E-state index in [2.05, 4.69) is 4.98 Å². The first-order chi connectivity index (χ1) is 6.77. The van der Waals surface area contributed by atoms with E-state index >= 15 is 0 Å². The van der Waals surface area contributed by atoms with Gasteiger partial charge in [0.15, 0.2) is 0 Å². The van der Waals surface area contributed by atoms with Crippen LogP contribution in [0, 0.1) is 5.82 Å². The molecule has 2 N–H and O–H groups in total. The Morgan fingerprint density at radius 1 is 1.00 bits per heavy atom. The van der Waals surface area contributed by atoms with Crippen LogP contribution < -0.4 is 5.73 Å². The Hall–Kier alpha value is -1.90. The number of rotatable bonds is 1. The average Bonchev–Trinajstić information content (AvgIpc) is 2.23. The summed E-state index contributed by atoms with van der Waals surface area (Å²) in [5, 5.41) is 0. The van der Waals surface area contributed by atoms with Crippen LogP contribution in [0.25, 0.3) is 11.1 Å². The Labute approximate surface area is 81.2 Å². The molecule has 0 aliphatic heterocycles. The number of anilines is 1. The van der Waals surface area contributed by atoms with Crippen LogP contribution in [0.1, 0.15) is 0 Å². The summed E-state index contributed by atoms with van der Waals surface area (Å²) in [6.07, 6.45) is 3.38. The van der Waals surface area contributed by atoms with Crippen molar-refractivity contribution in [2.75, 3.05) is 5.73 Å². The maximum absolute atomic E-state index is 12.9. The van der Waals surface area contributed by atoms with Crippen LogP contribution in [-0.2, 0) is 0 Å². The van der Waals surface area contributed by atoms with Gasteiger partial charge in [0.1, 0.15) is 5.82 Å². The zero-order valence-corrected chi connectivity index (χ0v) is 7.44. The zero-order valence-electron chi connectivity index (χ0n) is 7.44. The van der Waals surface area contributed by atoms with Crippen molar-refractivity contribution in [3.05, 3.63) is 48.5 Å². The average molecular weight is 188 g/mol. The second-order valence-electron chi connectivity index (χ2n) is 2.97. The number of halogens is 1. The predicted octanol–water partition coefficient (Wildman–Crippen LogP) is 2.47. The van der Waals surface area contributed by atoms with Gasteiger partial charge in [-0.05, 0) is 35.4 Å². The summed E-state index contributed by atoms with van der Waals surface area (Å²) in [6.45, 7) is 0. The molecule has 0 atom stereocenters. The van der Waals surface area contributed by atoms with Gasteiger partial charge in [0, 0.05) is 12.4 Å². The Bertz CT molecular complexity index is 440. The predicted molar refractivity (Wildman–Crippen MR) is 54.0 cm³/mol. The second kappa shape index (κ2) is 3.46. The van der Waals surface area contributed by atoms with Gasteiger partial charge in [0.05, 0.1) is 5.69 Å². The van der Waals surface area contributed by atoms with E-state index in [0.717, 1.165) is 11.1 Å². The molecule has 0 unspecified atom stereocenters. The van der Waals surface area contributed by atoms with Crippen molar-refractivity contribution in [2.45, 2.75) is 0 Å². The molecule has 2 rings (SSSR count). The number of nitrogen functional groups attached to an aromatic ring is 1. The fourth-order valence-electron chi connectivity index (χ4n) is 1.27. The van der Waals surface area contributed by atoms with Gasteiger partial charge in [-0.15, -0.1) is 0 Å². The van der Waals surface area contributed by atoms with E-state index in [1.807, 2.05) is 12.1 Å². The quantitative estimate of drug-likeness (QED) is 0.698. The van der Waals surface area contributed by atoms with Crippen molar-refractivity contribution in [2.24, 2.45) is 0 Å². The van der Waals surface area contributed by atoms with Crippen LogP contribution in [0.15, 0.2) is 42.7 Å². The first-order valence-electron chi connectivity index (χ1n) is 4.23. The van der Waals surface area contributed by atoms with E-state index in [-0.39, 0.29) is 11.5 Å². The summed E-state index contributed by atoms with van der Waals surface area (Å²) in [5.74, 6) is -0.386. The molecule has 2 nitrogen and oxygen atoms in total. The van der Waals surface area contributed by atoms with Crippen molar-refractivity contribution >= 4 is 5.69 Å². The van der Waals surface area contributed by atoms with Gasteiger partial charge >= 0.3 is 0 Å². The van der Waals surface area contributed by atoms with Crippen molar-refractivity contribution in [1.82, 2.24) is 4.98 Å². The van der Waals surface area contributed by atoms with Crippen molar-refractivity contribution in [3.63, 3.8) is 0 Å². The van der Waals surface area contributed by atoms with Crippen LogP contribution in [0.3, 0.4) is 0 Å². The highest BCUT2D eigenvalue weighted by molar-refractivity contribution is 5.66. The number of nitrogens with two attached hydrogens (primary N) is 1. The van der Waals surface area contributed by atoms with Crippen molar-refractivity contribution < 1.29 is 4.39 Å². The summed E-state index contributed by atoms with van der Waals surface area (Å²) in [5.41, 5.74) is 7.51. The third-order valence-electron chi connectivity index (χ3n) is 2.01. The Morgan fingerprint density at radius 2 is 1.71 bits per heavy atom.